The molecule has 1 N–H and O–H groups in total. The Balaban J connectivity index is 1.58. The van der Waals surface area contributed by atoms with E-state index in [1.54, 1.807) is 0 Å². The quantitative estimate of drug-likeness (QED) is 0.874. The predicted molar refractivity (Wildman–Crippen MR) is 90.0 cm³/mol. The zero-order chi connectivity index (χ0) is 17.0. The summed E-state index contributed by atoms with van der Waals surface area (Å²) in [5, 5.41) is 7.14. The van der Waals surface area contributed by atoms with Crippen LogP contribution >= 0.6 is 0 Å². The predicted octanol–water partition coefficient (Wildman–Crippen LogP) is 2.55. The van der Waals surface area contributed by atoms with Gasteiger partial charge in [-0.1, -0.05) is 0 Å². The molecule has 130 valence electrons. The van der Waals surface area contributed by atoms with Crippen LogP contribution in [0.25, 0.3) is 0 Å². The third kappa shape index (κ3) is 6.22. The monoisotopic (exact) mass is 322 g/mol. The van der Waals surface area contributed by atoms with Gasteiger partial charge in [-0.3, -0.25) is 4.68 Å². The first-order valence-corrected chi connectivity index (χ1v) is 8.37. The third-order valence-electron chi connectivity index (χ3n) is 4.09. The summed E-state index contributed by atoms with van der Waals surface area (Å²) in [6.45, 7) is 7.65. The highest BCUT2D eigenvalue weighted by atomic mass is 16.6. The van der Waals surface area contributed by atoms with Crippen molar-refractivity contribution >= 4 is 6.09 Å². The normalized spacial score (nSPS) is 21.1. The van der Waals surface area contributed by atoms with Crippen LogP contribution in [0, 0.1) is 5.92 Å². The highest BCUT2D eigenvalue weighted by Gasteiger charge is 2.31. The molecule has 0 unspecified atom stereocenters. The lowest BCUT2D eigenvalue weighted by Crippen LogP contribution is -2.46. The zero-order valence-electron chi connectivity index (χ0n) is 15.0. The molecule has 0 atom stereocenters. The fourth-order valence-corrected chi connectivity index (χ4v) is 2.91. The minimum atomic E-state index is -0.428. The highest BCUT2D eigenvalue weighted by molar-refractivity contribution is 5.68. The Morgan fingerprint density at radius 2 is 2.17 bits per heavy atom. The molecule has 0 bridgehead atoms. The van der Waals surface area contributed by atoms with Crippen LogP contribution in [-0.4, -0.2) is 46.0 Å². The Kier molecular flexibility index (Phi) is 5.68. The van der Waals surface area contributed by atoms with E-state index in [-0.39, 0.29) is 12.1 Å². The van der Waals surface area contributed by atoms with Crippen LogP contribution in [0.4, 0.5) is 4.79 Å². The number of carbonyl (C=O) groups is 1. The van der Waals surface area contributed by atoms with Crippen molar-refractivity contribution in [1.29, 1.82) is 0 Å². The molecule has 0 aromatic carbocycles. The van der Waals surface area contributed by atoms with E-state index in [1.165, 1.54) is 12.0 Å². The second-order valence-electron chi connectivity index (χ2n) is 7.73. The highest BCUT2D eigenvalue weighted by Crippen LogP contribution is 2.30. The van der Waals surface area contributed by atoms with Gasteiger partial charge in [-0.15, -0.1) is 0 Å². The standard InChI is InChI=1S/C17H30N4O2/c1-17(2,3)23-16(22)19-15-8-13(9-15)6-7-20(4)11-14-10-18-21(5)12-14/h10,12-13,15H,6-9,11H2,1-5H3,(H,19,22). The number of nitrogens with zero attached hydrogens (tertiary/aromatic N) is 3. The Bertz CT molecular complexity index is 515. The molecule has 1 amide bonds. The van der Waals surface area contributed by atoms with Gasteiger partial charge in [0, 0.05) is 31.4 Å². The molecule has 23 heavy (non-hydrogen) atoms. The first-order valence-electron chi connectivity index (χ1n) is 8.37. The van der Waals surface area contributed by atoms with Gasteiger partial charge in [0.05, 0.1) is 6.20 Å². The number of ether oxygens (including phenoxy) is 1. The number of nitrogens with one attached hydrogen (secondary N) is 1. The summed E-state index contributed by atoms with van der Waals surface area (Å²) in [6, 6.07) is 0.276. The van der Waals surface area contributed by atoms with Crippen molar-refractivity contribution in [2.75, 3.05) is 13.6 Å². The molecule has 1 saturated carbocycles. The van der Waals surface area contributed by atoms with Gasteiger partial charge in [-0.2, -0.15) is 5.10 Å². The number of aromatic nitrogens is 2. The summed E-state index contributed by atoms with van der Waals surface area (Å²) < 4.78 is 7.12. The molecule has 0 radical (unpaired) electrons. The van der Waals surface area contributed by atoms with E-state index in [9.17, 15) is 4.79 Å². The largest absolute Gasteiger partial charge is 0.444 e. The topological polar surface area (TPSA) is 59.4 Å². The first-order chi connectivity index (χ1) is 10.7. The Labute approximate surface area is 139 Å². The van der Waals surface area contributed by atoms with Crippen molar-refractivity contribution in [2.45, 2.75) is 58.2 Å². The maximum absolute atomic E-state index is 11.7. The second-order valence-corrected chi connectivity index (χ2v) is 7.73. The fourth-order valence-electron chi connectivity index (χ4n) is 2.91. The van der Waals surface area contributed by atoms with E-state index < -0.39 is 5.60 Å². The maximum Gasteiger partial charge on any atom is 0.407 e. The van der Waals surface area contributed by atoms with Crippen molar-refractivity contribution in [3.05, 3.63) is 18.0 Å². The fraction of sp³-hybridized carbons (Fsp3) is 0.765. The van der Waals surface area contributed by atoms with Gasteiger partial charge in [-0.05, 0) is 59.5 Å². The summed E-state index contributed by atoms with van der Waals surface area (Å²) in [7, 11) is 4.08. The van der Waals surface area contributed by atoms with Crippen LogP contribution < -0.4 is 5.32 Å². The van der Waals surface area contributed by atoms with Gasteiger partial charge in [0.2, 0.25) is 0 Å². The van der Waals surface area contributed by atoms with E-state index in [2.05, 4.69) is 28.6 Å². The van der Waals surface area contributed by atoms with Gasteiger partial charge in [0.25, 0.3) is 0 Å². The van der Waals surface area contributed by atoms with Crippen LogP contribution in [0.3, 0.4) is 0 Å². The summed E-state index contributed by atoms with van der Waals surface area (Å²) in [6.07, 6.45) is 6.96. The van der Waals surface area contributed by atoms with E-state index in [0.717, 1.165) is 25.9 Å². The SMILES string of the molecule is CN(CCC1CC(NC(=O)OC(C)(C)C)C1)Cc1cnn(C)c1. The minimum absolute atomic E-state index is 0.276. The Morgan fingerprint density at radius 3 is 2.74 bits per heavy atom. The van der Waals surface area contributed by atoms with Gasteiger partial charge in [-0.25, -0.2) is 4.79 Å². The third-order valence-corrected chi connectivity index (χ3v) is 4.09. The van der Waals surface area contributed by atoms with Crippen LogP contribution in [0.15, 0.2) is 12.4 Å². The smallest absolute Gasteiger partial charge is 0.407 e. The van der Waals surface area contributed by atoms with Crippen molar-refractivity contribution < 1.29 is 9.53 Å². The number of alkyl carbamates (subject to hydrolysis) is 1. The van der Waals surface area contributed by atoms with Crippen molar-refractivity contribution in [2.24, 2.45) is 13.0 Å². The molecule has 6 nitrogen and oxygen atoms in total. The summed E-state index contributed by atoms with van der Waals surface area (Å²) >= 11 is 0. The van der Waals surface area contributed by atoms with Crippen LogP contribution in [-0.2, 0) is 18.3 Å². The first kappa shape index (κ1) is 17.8. The minimum Gasteiger partial charge on any atom is -0.444 e. The van der Waals surface area contributed by atoms with Crippen LogP contribution in [0.2, 0.25) is 0 Å². The summed E-state index contributed by atoms with van der Waals surface area (Å²) in [5.74, 6) is 0.700. The molecular weight excluding hydrogens is 292 g/mol. The number of hydrogen-bond donors (Lipinski definition) is 1. The van der Waals surface area contributed by atoms with Crippen molar-refractivity contribution in [1.82, 2.24) is 20.0 Å². The number of amides is 1. The Hall–Kier alpha value is -1.56. The van der Waals surface area contributed by atoms with Gasteiger partial charge >= 0.3 is 6.09 Å². The van der Waals surface area contributed by atoms with E-state index in [0.29, 0.717) is 5.92 Å². The van der Waals surface area contributed by atoms with Crippen LogP contribution in [0.5, 0.6) is 0 Å². The zero-order valence-corrected chi connectivity index (χ0v) is 15.0. The van der Waals surface area contributed by atoms with Gasteiger partial charge in [0.15, 0.2) is 0 Å². The van der Waals surface area contributed by atoms with E-state index >= 15 is 0 Å². The lowest BCUT2D eigenvalue weighted by molar-refractivity contribution is 0.0446. The van der Waals surface area contributed by atoms with Crippen molar-refractivity contribution in [3.63, 3.8) is 0 Å². The number of aryl methyl sites for hydroxylation is 1. The summed E-state index contributed by atoms with van der Waals surface area (Å²) in [5.41, 5.74) is 0.815. The molecule has 1 fully saturated rings. The van der Waals surface area contributed by atoms with Crippen LogP contribution in [0.1, 0.15) is 45.6 Å². The molecule has 0 aliphatic heterocycles. The number of rotatable bonds is 6. The van der Waals surface area contributed by atoms with E-state index in [4.69, 9.17) is 4.74 Å². The maximum atomic E-state index is 11.7. The molecule has 1 heterocycles. The van der Waals surface area contributed by atoms with E-state index in [1.807, 2.05) is 38.7 Å². The molecule has 1 aliphatic carbocycles. The summed E-state index contributed by atoms with van der Waals surface area (Å²) in [4.78, 5) is 14.0. The average molecular weight is 322 g/mol. The number of carbonyl (C=O) groups excluding carboxylic acids is 1. The lowest BCUT2D eigenvalue weighted by Gasteiger charge is -2.37. The second kappa shape index (κ2) is 7.34. The molecular formula is C17H30N4O2. The molecule has 0 spiro atoms. The number of hydrogen-bond acceptors (Lipinski definition) is 4. The van der Waals surface area contributed by atoms with Crippen molar-refractivity contribution in [3.8, 4) is 0 Å². The molecule has 1 aromatic rings. The Morgan fingerprint density at radius 1 is 1.48 bits per heavy atom. The molecule has 2 rings (SSSR count). The van der Waals surface area contributed by atoms with Gasteiger partial charge < -0.3 is 15.0 Å². The molecule has 1 aliphatic rings. The lowest BCUT2D eigenvalue weighted by atomic mass is 9.78. The molecule has 6 heteroatoms. The molecule has 0 saturated heterocycles. The molecule has 1 aromatic heterocycles. The average Bonchev–Trinajstić information content (AvgIpc) is 2.75. The van der Waals surface area contributed by atoms with Gasteiger partial charge in [0.1, 0.15) is 5.60 Å².